The predicted octanol–water partition coefficient (Wildman–Crippen LogP) is -5.08. The Hall–Kier alpha value is -0.720. The van der Waals surface area contributed by atoms with E-state index < -0.39 is 0 Å². The van der Waals surface area contributed by atoms with E-state index in [4.69, 9.17) is 0 Å². The van der Waals surface area contributed by atoms with Crippen LogP contribution in [-0.4, -0.2) is 0 Å². The fourth-order valence-corrected chi connectivity index (χ4v) is 3.07. The van der Waals surface area contributed by atoms with Crippen LogP contribution in [0.1, 0.15) is 0 Å². The maximum atomic E-state index is 11.4. The minimum Gasteiger partial charge on any atom is -0.872 e. The molecule has 0 unspecified atom stereocenters. The van der Waals surface area contributed by atoms with Gasteiger partial charge in [-0.3, -0.25) is 0 Å². The van der Waals surface area contributed by atoms with Crippen molar-refractivity contribution in [3.8, 4) is 50.6 Å². The van der Waals surface area contributed by atoms with Gasteiger partial charge in [0.1, 0.15) is 0 Å². The number of benzene rings is 4. The molecule has 0 aromatic heterocycles. The monoisotopic (exact) mass is 420 g/mol. The molecule has 4 rings (SSSR count). The molecule has 0 aliphatic heterocycles. The molecule has 0 amide bonds. The molecule has 0 aliphatic rings. The molecule has 0 bridgehead atoms. The van der Waals surface area contributed by atoms with E-state index in [1.807, 2.05) is 18.2 Å². The van der Waals surface area contributed by atoms with Crippen molar-refractivity contribution in [1.82, 2.24) is 0 Å². The van der Waals surface area contributed by atoms with Gasteiger partial charge in [-0.05, 0) is 51.6 Å². The van der Waals surface area contributed by atoms with Crippen LogP contribution >= 0.6 is 0 Å². The van der Waals surface area contributed by atoms with Gasteiger partial charge in [-0.1, -0.05) is 72.8 Å². The average molecular weight is 420 g/mol. The SMILES string of the molecule is [Na+].[Na+].[Na+].[O-]c1ccc(-c2cc(-c3ccc([O-])cc3)cc(-c3ccc([O-])cc3)c2)cc1. The Bertz CT molecular complexity index is 924. The minimum atomic E-state index is -0.0350. The van der Waals surface area contributed by atoms with Crippen molar-refractivity contribution in [3.63, 3.8) is 0 Å². The van der Waals surface area contributed by atoms with Crippen LogP contribution in [0.2, 0.25) is 0 Å². The van der Waals surface area contributed by atoms with Crippen LogP contribution in [0.4, 0.5) is 0 Å². The molecular formula is C24H15Na3O3. The molecule has 0 fully saturated rings. The second kappa shape index (κ2) is 12.4. The summed E-state index contributed by atoms with van der Waals surface area (Å²) in [4.78, 5) is 0. The van der Waals surface area contributed by atoms with Crippen LogP contribution in [0.15, 0.2) is 91.0 Å². The van der Waals surface area contributed by atoms with Crippen LogP contribution in [-0.2, 0) is 0 Å². The first-order valence-corrected chi connectivity index (χ1v) is 8.56. The fraction of sp³-hybridized carbons (Fsp3) is 0. The minimum absolute atomic E-state index is 0. The number of hydrogen-bond acceptors (Lipinski definition) is 3. The van der Waals surface area contributed by atoms with Crippen LogP contribution < -0.4 is 104 Å². The smallest absolute Gasteiger partial charge is 0.872 e. The van der Waals surface area contributed by atoms with Crippen LogP contribution in [0.5, 0.6) is 17.2 Å². The van der Waals surface area contributed by atoms with E-state index in [0.717, 1.165) is 33.4 Å². The van der Waals surface area contributed by atoms with Gasteiger partial charge >= 0.3 is 88.7 Å². The van der Waals surface area contributed by atoms with Crippen molar-refractivity contribution in [2.75, 3.05) is 0 Å². The molecule has 0 aliphatic carbocycles. The van der Waals surface area contributed by atoms with Crippen molar-refractivity contribution in [1.29, 1.82) is 0 Å². The summed E-state index contributed by atoms with van der Waals surface area (Å²) >= 11 is 0. The molecule has 0 heterocycles. The largest absolute Gasteiger partial charge is 1.00 e. The van der Waals surface area contributed by atoms with Crippen molar-refractivity contribution >= 4 is 0 Å². The van der Waals surface area contributed by atoms with Gasteiger partial charge in [0.25, 0.3) is 0 Å². The second-order valence-electron chi connectivity index (χ2n) is 6.37. The third-order valence-corrected chi connectivity index (χ3v) is 4.50. The molecule has 0 saturated heterocycles. The van der Waals surface area contributed by atoms with Crippen molar-refractivity contribution in [2.24, 2.45) is 0 Å². The van der Waals surface area contributed by atoms with Gasteiger partial charge in [0.05, 0.1) is 0 Å². The molecule has 3 nitrogen and oxygen atoms in total. The maximum absolute atomic E-state index is 11.4. The second-order valence-corrected chi connectivity index (χ2v) is 6.37. The van der Waals surface area contributed by atoms with Gasteiger partial charge in [0, 0.05) is 0 Å². The van der Waals surface area contributed by atoms with Crippen LogP contribution in [0.3, 0.4) is 0 Å². The molecule has 0 spiro atoms. The molecule has 4 aromatic carbocycles. The summed E-state index contributed by atoms with van der Waals surface area (Å²) in [7, 11) is 0. The first kappa shape index (κ1) is 27.3. The zero-order chi connectivity index (χ0) is 18.8. The number of rotatable bonds is 3. The predicted molar refractivity (Wildman–Crippen MR) is 101 cm³/mol. The van der Waals surface area contributed by atoms with Crippen LogP contribution in [0.25, 0.3) is 33.4 Å². The Labute approximate surface area is 242 Å². The summed E-state index contributed by atoms with van der Waals surface area (Å²) in [6.45, 7) is 0. The third kappa shape index (κ3) is 6.64. The standard InChI is InChI=1S/C24H18O3.3Na/c25-22-7-1-16(2-8-22)19-13-20(17-3-9-23(26)10-4-17)15-21(14-19)18-5-11-24(27)12-6-18;;;/h1-15,25-27H;;;/q;3*+1/p-3. The maximum Gasteiger partial charge on any atom is 1.00 e. The quantitative estimate of drug-likeness (QED) is 0.312. The van der Waals surface area contributed by atoms with Gasteiger partial charge < -0.3 is 15.3 Å². The van der Waals surface area contributed by atoms with Gasteiger partial charge in [-0.15, -0.1) is 17.2 Å². The Balaban J connectivity index is 0.00000150. The third-order valence-electron chi connectivity index (χ3n) is 4.50. The zero-order valence-electron chi connectivity index (χ0n) is 17.4. The normalized spacial score (nSPS) is 9.60. The summed E-state index contributed by atoms with van der Waals surface area (Å²) < 4.78 is 0. The fourth-order valence-electron chi connectivity index (χ4n) is 3.07. The van der Waals surface area contributed by atoms with E-state index in [2.05, 4.69) is 0 Å². The molecule has 132 valence electrons. The summed E-state index contributed by atoms with van der Waals surface area (Å²) in [5.41, 5.74) is 5.66. The first-order valence-electron chi connectivity index (χ1n) is 8.56. The van der Waals surface area contributed by atoms with Crippen molar-refractivity contribution < 1.29 is 104 Å². The number of hydrogen-bond donors (Lipinski definition) is 0. The van der Waals surface area contributed by atoms with E-state index in [1.165, 1.54) is 0 Å². The summed E-state index contributed by atoms with van der Waals surface area (Å²) in [6.07, 6.45) is 0. The van der Waals surface area contributed by atoms with Gasteiger partial charge in [-0.2, -0.15) is 0 Å². The summed E-state index contributed by atoms with van der Waals surface area (Å²) in [6, 6.07) is 26.1. The molecular weight excluding hydrogens is 405 g/mol. The van der Waals surface area contributed by atoms with Crippen molar-refractivity contribution in [2.45, 2.75) is 0 Å². The van der Waals surface area contributed by atoms with E-state index in [0.29, 0.717) is 0 Å². The van der Waals surface area contributed by atoms with Gasteiger partial charge in [-0.25, -0.2) is 0 Å². The average Bonchev–Trinajstić information content (AvgIpc) is 2.69. The Morgan fingerprint density at radius 3 is 0.700 bits per heavy atom. The molecule has 0 N–H and O–H groups in total. The van der Waals surface area contributed by atoms with E-state index in [1.54, 1.807) is 72.8 Å². The van der Waals surface area contributed by atoms with E-state index in [-0.39, 0.29) is 106 Å². The topological polar surface area (TPSA) is 69.2 Å². The Kier molecular flexibility index (Phi) is 11.2. The van der Waals surface area contributed by atoms with Gasteiger partial charge in [0.15, 0.2) is 0 Å². The first-order chi connectivity index (χ1) is 13.1. The zero-order valence-corrected chi connectivity index (χ0v) is 23.4. The Morgan fingerprint density at radius 2 is 0.500 bits per heavy atom. The molecule has 6 heteroatoms. The molecule has 0 radical (unpaired) electrons. The molecule has 30 heavy (non-hydrogen) atoms. The van der Waals surface area contributed by atoms with E-state index >= 15 is 0 Å². The molecule has 4 aromatic rings. The van der Waals surface area contributed by atoms with Crippen LogP contribution in [0, 0.1) is 0 Å². The van der Waals surface area contributed by atoms with Gasteiger partial charge in [0.2, 0.25) is 0 Å². The van der Waals surface area contributed by atoms with Crippen molar-refractivity contribution in [3.05, 3.63) is 91.0 Å². The Morgan fingerprint density at radius 1 is 0.300 bits per heavy atom. The summed E-state index contributed by atoms with van der Waals surface area (Å²) in [5, 5.41) is 34.3. The van der Waals surface area contributed by atoms with E-state index in [9.17, 15) is 15.3 Å². The molecule has 0 saturated carbocycles. The molecule has 0 atom stereocenters. The summed E-state index contributed by atoms with van der Waals surface area (Å²) in [5.74, 6) is -0.105.